The van der Waals surface area contributed by atoms with E-state index in [0.717, 1.165) is 50.3 Å². The summed E-state index contributed by atoms with van der Waals surface area (Å²) in [5.74, 6) is 0.768. The Morgan fingerprint density at radius 3 is 2.58 bits per heavy atom. The molecule has 1 aromatic carbocycles. The number of likely N-dealkylation sites (tertiary alicyclic amines) is 1. The third kappa shape index (κ3) is 4.51. The quantitative estimate of drug-likeness (QED) is 0.841. The Morgan fingerprint density at radius 1 is 1.26 bits per heavy atom. The molecule has 1 aromatic rings. The molecule has 1 heterocycles. The molecule has 2 rings (SSSR count). The van der Waals surface area contributed by atoms with Gasteiger partial charge < -0.3 is 10.2 Å². The first kappa shape index (κ1) is 14.4. The van der Waals surface area contributed by atoms with Crippen molar-refractivity contribution in [2.75, 3.05) is 25.5 Å². The highest BCUT2D eigenvalue weighted by atomic mass is 35.5. The van der Waals surface area contributed by atoms with Gasteiger partial charge in [0.1, 0.15) is 0 Å². The molecule has 0 aromatic heterocycles. The number of benzene rings is 1. The van der Waals surface area contributed by atoms with Crippen molar-refractivity contribution in [3.63, 3.8) is 0 Å². The summed E-state index contributed by atoms with van der Waals surface area (Å²) in [6, 6.07) is 9.72. The number of halogens is 1. The third-order valence-corrected chi connectivity index (χ3v) is 3.83. The molecular weight excluding hydrogens is 260 g/mol. The predicted octanol–water partition coefficient (Wildman–Crippen LogP) is 2.51. The minimum atomic E-state index is 0.0415. The first-order valence-electron chi connectivity index (χ1n) is 6.94. The van der Waals surface area contributed by atoms with Crippen molar-refractivity contribution in [3.05, 3.63) is 35.9 Å². The average molecular weight is 281 g/mol. The molecule has 0 atom stereocenters. The van der Waals surface area contributed by atoms with Crippen molar-refractivity contribution in [2.45, 2.75) is 25.3 Å². The van der Waals surface area contributed by atoms with Crippen LogP contribution in [-0.2, 0) is 0 Å². The van der Waals surface area contributed by atoms with Gasteiger partial charge in [-0.1, -0.05) is 18.2 Å². The number of amides is 1. The summed E-state index contributed by atoms with van der Waals surface area (Å²) in [4.78, 5) is 14.4. The molecule has 0 aliphatic carbocycles. The fourth-order valence-corrected chi connectivity index (χ4v) is 2.56. The fourth-order valence-electron chi connectivity index (χ4n) is 2.44. The number of alkyl halides is 1. The molecule has 0 saturated carbocycles. The lowest BCUT2D eigenvalue weighted by atomic mass is 10.0. The standard InChI is InChI=1S/C15H21ClN2O/c16-9-4-10-18-11-7-14(8-12-18)17-15(19)13-5-2-1-3-6-13/h1-3,5-6,14H,4,7-12H2,(H,17,19). The van der Waals surface area contributed by atoms with Crippen LogP contribution in [0.15, 0.2) is 30.3 Å². The van der Waals surface area contributed by atoms with E-state index in [-0.39, 0.29) is 5.91 Å². The highest BCUT2D eigenvalue weighted by Gasteiger charge is 2.20. The van der Waals surface area contributed by atoms with E-state index in [2.05, 4.69) is 10.2 Å². The van der Waals surface area contributed by atoms with E-state index in [1.54, 1.807) is 0 Å². The Labute approximate surface area is 119 Å². The van der Waals surface area contributed by atoms with Crippen molar-refractivity contribution in [3.8, 4) is 0 Å². The number of hydrogen-bond donors (Lipinski definition) is 1. The van der Waals surface area contributed by atoms with Crippen LogP contribution < -0.4 is 5.32 Å². The lowest BCUT2D eigenvalue weighted by Gasteiger charge is -2.32. The van der Waals surface area contributed by atoms with E-state index in [1.807, 2.05) is 30.3 Å². The van der Waals surface area contributed by atoms with Crippen LogP contribution >= 0.6 is 11.6 Å². The van der Waals surface area contributed by atoms with Crippen LogP contribution in [0.5, 0.6) is 0 Å². The van der Waals surface area contributed by atoms with Crippen molar-refractivity contribution in [1.29, 1.82) is 0 Å². The van der Waals surface area contributed by atoms with E-state index < -0.39 is 0 Å². The van der Waals surface area contributed by atoms with E-state index in [4.69, 9.17) is 11.6 Å². The molecule has 104 valence electrons. The minimum absolute atomic E-state index is 0.0415. The highest BCUT2D eigenvalue weighted by Crippen LogP contribution is 2.11. The van der Waals surface area contributed by atoms with Crippen LogP contribution in [0.25, 0.3) is 0 Å². The summed E-state index contributed by atoms with van der Waals surface area (Å²) in [6.07, 6.45) is 3.10. The second-order valence-corrected chi connectivity index (χ2v) is 5.38. The second kappa shape index (κ2) is 7.51. The molecule has 19 heavy (non-hydrogen) atoms. The van der Waals surface area contributed by atoms with Crippen molar-refractivity contribution in [1.82, 2.24) is 10.2 Å². The van der Waals surface area contributed by atoms with Crippen LogP contribution in [0.3, 0.4) is 0 Å². The van der Waals surface area contributed by atoms with Crippen LogP contribution in [0.1, 0.15) is 29.6 Å². The molecule has 1 amide bonds. The van der Waals surface area contributed by atoms with E-state index in [1.165, 1.54) is 0 Å². The summed E-state index contributed by atoms with van der Waals surface area (Å²) < 4.78 is 0. The first-order chi connectivity index (χ1) is 9.29. The lowest BCUT2D eigenvalue weighted by molar-refractivity contribution is 0.0911. The maximum absolute atomic E-state index is 12.0. The van der Waals surface area contributed by atoms with Crippen LogP contribution in [0.2, 0.25) is 0 Å². The Hall–Kier alpha value is -1.06. The zero-order valence-electron chi connectivity index (χ0n) is 11.1. The number of rotatable bonds is 5. The van der Waals surface area contributed by atoms with Gasteiger partial charge in [-0.05, 0) is 37.9 Å². The van der Waals surface area contributed by atoms with Gasteiger partial charge >= 0.3 is 0 Å². The van der Waals surface area contributed by atoms with Gasteiger partial charge in [-0.3, -0.25) is 4.79 Å². The van der Waals surface area contributed by atoms with Crippen molar-refractivity contribution < 1.29 is 4.79 Å². The first-order valence-corrected chi connectivity index (χ1v) is 7.47. The molecule has 0 bridgehead atoms. The summed E-state index contributed by atoms with van der Waals surface area (Å²) >= 11 is 5.70. The zero-order chi connectivity index (χ0) is 13.5. The fraction of sp³-hybridized carbons (Fsp3) is 0.533. The van der Waals surface area contributed by atoms with Gasteiger partial charge in [-0.15, -0.1) is 11.6 Å². The minimum Gasteiger partial charge on any atom is -0.349 e. The van der Waals surface area contributed by atoms with E-state index in [9.17, 15) is 4.79 Å². The Kier molecular flexibility index (Phi) is 5.67. The third-order valence-electron chi connectivity index (χ3n) is 3.57. The monoisotopic (exact) mass is 280 g/mol. The molecule has 1 aliphatic heterocycles. The zero-order valence-corrected chi connectivity index (χ0v) is 11.9. The molecule has 0 spiro atoms. The van der Waals surface area contributed by atoms with Gasteiger partial charge in [0.05, 0.1) is 0 Å². The molecule has 4 heteroatoms. The number of hydrogen-bond acceptors (Lipinski definition) is 2. The van der Waals surface area contributed by atoms with Gasteiger partial charge in [-0.2, -0.15) is 0 Å². The van der Waals surface area contributed by atoms with Gasteiger partial charge in [0.15, 0.2) is 0 Å². The molecule has 3 nitrogen and oxygen atoms in total. The lowest BCUT2D eigenvalue weighted by Crippen LogP contribution is -2.44. The second-order valence-electron chi connectivity index (χ2n) is 5.00. The van der Waals surface area contributed by atoms with Gasteiger partial charge in [-0.25, -0.2) is 0 Å². The van der Waals surface area contributed by atoms with Gasteiger partial charge in [0.2, 0.25) is 0 Å². The SMILES string of the molecule is O=C(NC1CCN(CCCCl)CC1)c1ccccc1. The molecule has 0 unspecified atom stereocenters. The molecule has 1 saturated heterocycles. The molecule has 1 fully saturated rings. The summed E-state index contributed by atoms with van der Waals surface area (Å²) in [5, 5.41) is 3.12. The average Bonchev–Trinajstić information content (AvgIpc) is 2.47. The largest absolute Gasteiger partial charge is 0.349 e. The van der Waals surface area contributed by atoms with E-state index in [0.29, 0.717) is 6.04 Å². The molecule has 0 radical (unpaired) electrons. The topological polar surface area (TPSA) is 32.3 Å². The van der Waals surface area contributed by atoms with Gasteiger partial charge in [0, 0.05) is 30.6 Å². The predicted molar refractivity (Wildman–Crippen MR) is 78.7 cm³/mol. The Balaban J connectivity index is 1.75. The van der Waals surface area contributed by atoms with Gasteiger partial charge in [0.25, 0.3) is 5.91 Å². The maximum atomic E-state index is 12.0. The highest BCUT2D eigenvalue weighted by molar-refractivity contribution is 6.17. The molecule has 1 N–H and O–H groups in total. The molecule has 1 aliphatic rings. The van der Waals surface area contributed by atoms with E-state index >= 15 is 0 Å². The number of carbonyl (C=O) groups is 1. The van der Waals surface area contributed by atoms with Crippen molar-refractivity contribution >= 4 is 17.5 Å². The smallest absolute Gasteiger partial charge is 0.251 e. The normalized spacial score (nSPS) is 17.3. The van der Waals surface area contributed by atoms with Crippen LogP contribution in [0.4, 0.5) is 0 Å². The van der Waals surface area contributed by atoms with Crippen LogP contribution in [0, 0.1) is 0 Å². The number of piperidine rings is 1. The van der Waals surface area contributed by atoms with Crippen molar-refractivity contribution in [2.24, 2.45) is 0 Å². The maximum Gasteiger partial charge on any atom is 0.251 e. The summed E-state index contributed by atoms with van der Waals surface area (Å²) in [5.41, 5.74) is 0.743. The number of nitrogens with one attached hydrogen (secondary N) is 1. The number of nitrogens with zero attached hydrogens (tertiary/aromatic N) is 1. The molecular formula is C15H21ClN2O. The Bertz CT molecular complexity index is 388. The Morgan fingerprint density at radius 2 is 1.95 bits per heavy atom. The number of carbonyl (C=O) groups excluding carboxylic acids is 1. The summed E-state index contributed by atoms with van der Waals surface area (Å²) in [6.45, 7) is 3.18. The summed E-state index contributed by atoms with van der Waals surface area (Å²) in [7, 11) is 0. The van der Waals surface area contributed by atoms with Crippen LogP contribution in [-0.4, -0.2) is 42.4 Å².